The van der Waals surface area contributed by atoms with E-state index in [0.717, 1.165) is 0 Å². The maximum atomic E-state index is 12.0. The summed E-state index contributed by atoms with van der Waals surface area (Å²) in [7, 11) is -3.82. The summed E-state index contributed by atoms with van der Waals surface area (Å²) in [5.41, 5.74) is 0.591. The number of halogens is 3. The molecule has 1 aromatic rings. The number of benzene rings is 1. The van der Waals surface area contributed by atoms with Crippen LogP contribution >= 0.6 is 0 Å². The fraction of sp³-hybridized carbons (Fsp3) is 0.538. The number of sulfonamides is 1. The van der Waals surface area contributed by atoms with Gasteiger partial charge < -0.3 is 4.74 Å². The van der Waals surface area contributed by atoms with E-state index in [4.69, 9.17) is 9.88 Å². The number of primary sulfonamides is 1. The van der Waals surface area contributed by atoms with E-state index in [1.54, 1.807) is 0 Å². The minimum absolute atomic E-state index is 0.0474. The minimum atomic E-state index is -4.21. The zero-order chi connectivity index (χ0) is 16.3. The summed E-state index contributed by atoms with van der Waals surface area (Å²) in [6, 6.07) is 4.09. The summed E-state index contributed by atoms with van der Waals surface area (Å²) >= 11 is 0. The Morgan fingerprint density at radius 3 is 2.38 bits per heavy atom. The molecule has 0 heterocycles. The summed E-state index contributed by atoms with van der Waals surface area (Å²) in [5, 5.41) is 5.05. The van der Waals surface area contributed by atoms with Crippen molar-refractivity contribution in [2.75, 3.05) is 6.61 Å². The van der Waals surface area contributed by atoms with E-state index < -0.39 is 22.6 Å². The van der Waals surface area contributed by atoms with Gasteiger partial charge in [0, 0.05) is 6.42 Å². The number of ether oxygens (including phenoxy) is 1. The van der Waals surface area contributed by atoms with Crippen molar-refractivity contribution in [3.63, 3.8) is 0 Å². The molecule has 0 aliphatic heterocycles. The van der Waals surface area contributed by atoms with Gasteiger partial charge in [-0.25, -0.2) is 13.6 Å². The van der Waals surface area contributed by atoms with Crippen LogP contribution in [0.1, 0.15) is 38.2 Å². The lowest BCUT2D eigenvalue weighted by molar-refractivity contribution is -0.136. The maximum Gasteiger partial charge on any atom is 0.389 e. The van der Waals surface area contributed by atoms with Gasteiger partial charge in [-0.05, 0) is 36.1 Å². The van der Waals surface area contributed by atoms with Gasteiger partial charge in [0.2, 0.25) is 10.0 Å². The van der Waals surface area contributed by atoms with Gasteiger partial charge in [0.05, 0.1) is 11.5 Å². The molecule has 0 aliphatic carbocycles. The normalized spacial score (nSPS) is 12.7. The highest BCUT2D eigenvalue weighted by molar-refractivity contribution is 7.89. The molecule has 21 heavy (non-hydrogen) atoms. The molecule has 0 amide bonds. The molecule has 1 aromatic carbocycles. The molecule has 2 N–H and O–H groups in total. The Labute approximate surface area is 122 Å². The lowest BCUT2D eigenvalue weighted by atomic mass is 10.0. The number of nitrogens with two attached hydrogens (primary N) is 1. The molecule has 0 saturated carbocycles. The van der Waals surface area contributed by atoms with Crippen LogP contribution in [-0.2, 0) is 10.0 Å². The Balaban J connectivity index is 2.83. The molecule has 1 rings (SSSR count). The minimum Gasteiger partial charge on any atom is -0.493 e. The van der Waals surface area contributed by atoms with Crippen molar-refractivity contribution in [1.29, 1.82) is 0 Å². The first-order valence-corrected chi connectivity index (χ1v) is 7.91. The highest BCUT2D eigenvalue weighted by Crippen LogP contribution is 2.29. The van der Waals surface area contributed by atoms with Gasteiger partial charge in [0.25, 0.3) is 0 Å². The number of hydrogen-bond acceptors (Lipinski definition) is 3. The number of alkyl halides is 3. The van der Waals surface area contributed by atoms with Crippen molar-refractivity contribution in [3.8, 4) is 5.75 Å². The smallest absolute Gasteiger partial charge is 0.389 e. The summed E-state index contributed by atoms with van der Waals surface area (Å²) in [6.07, 6.45) is -5.28. The van der Waals surface area contributed by atoms with Gasteiger partial charge in [0.15, 0.2) is 0 Å². The molecular formula is C13H18F3NO3S. The molecule has 0 aliphatic rings. The van der Waals surface area contributed by atoms with Crippen LogP contribution in [0.15, 0.2) is 23.1 Å². The maximum absolute atomic E-state index is 12.0. The second kappa shape index (κ2) is 6.65. The van der Waals surface area contributed by atoms with Gasteiger partial charge >= 0.3 is 6.18 Å². The third kappa shape index (κ3) is 5.92. The molecular weight excluding hydrogens is 307 g/mol. The average molecular weight is 325 g/mol. The van der Waals surface area contributed by atoms with E-state index in [1.807, 2.05) is 13.8 Å². The van der Waals surface area contributed by atoms with Crippen molar-refractivity contribution in [2.24, 2.45) is 5.14 Å². The van der Waals surface area contributed by atoms with Crippen LogP contribution in [0.5, 0.6) is 5.75 Å². The predicted octanol–water partition coefficient (Wildman–Crippen LogP) is 3.18. The molecule has 0 saturated heterocycles. The Hall–Kier alpha value is -1.28. The van der Waals surface area contributed by atoms with Crippen molar-refractivity contribution in [3.05, 3.63) is 23.8 Å². The third-order valence-corrected chi connectivity index (χ3v) is 3.70. The molecule has 0 atom stereocenters. The Morgan fingerprint density at radius 2 is 1.90 bits per heavy atom. The van der Waals surface area contributed by atoms with Crippen molar-refractivity contribution >= 4 is 10.0 Å². The van der Waals surface area contributed by atoms with Crippen LogP contribution in [0, 0.1) is 0 Å². The van der Waals surface area contributed by atoms with E-state index in [1.165, 1.54) is 18.2 Å². The Bertz CT molecular complexity index is 583. The zero-order valence-electron chi connectivity index (χ0n) is 11.8. The standard InChI is InChI=1S/C13H18F3NO3S/c1-9(2)11-8-10(21(17,18)19)4-5-12(11)20-7-3-6-13(14,15)16/h4-5,8-9H,3,6-7H2,1-2H3,(H2,17,18,19). The topological polar surface area (TPSA) is 69.4 Å². The molecule has 120 valence electrons. The lowest BCUT2D eigenvalue weighted by Gasteiger charge is -2.15. The third-order valence-electron chi connectivity index (χ3n) is 2.79. The second-order valence-electron chi connectivity index (χ2n) is 4.97. The summed E-state index contributed by atoms with van der Waals surface area (Å²) in [6.45, 7) is 3.56. The molecule has 8 heteroatoms. The van der Waals surface area contributed by atoms with E-state index in [2.05, 4.69) is 0 Å². The number of hydrogen-bond donors (Lipinski definition) is 1. The first kappa shape index (κ1) is 17.8. The van der Waals surface area contributed by atoms with Crippen LogP contribution in [0.25, 0.3) is 0 Å². The van der Waals surface area contributed by atoms with Gasteiger partial charge in [0.1, 0.15) is 5.75 Å². The van der Waals surface area contributed by atoms with Crippen LogP contribution in [0.3, 0.4) is 0 Å². The Kier molecular flexibility index (Phi) is 5.63. The van der Waals surface area contributed by atoms with Crippen LogP contribution in [0.2, 0.25) is 0 Å². The molecule has 0 unspecified atom stereocenters. The predicted molar refractivity (Wildman–Crippen MR) is 72.7 cm³/mol. The molecule has 0 fully saturated rings. The van der Waals surface area contributed by atoms with E-state index in [-0.39, 0.29) is 23.8 Å². The van der Waals surface area contributed by atoms with Gasteiger partial charge in [-0.2, -0.15) is 13.2 Å². The monoisotopic (exact) mass is 325 g/mol. The quantitative estimate of drug-likeness (QED) is 0.817. The molecule has 4 nitrogen and oxygen atoms in total. The lowest BCUT2D eigenvalue weighted by Crippen LogP contribution is -2.13. The second-order valence-corrected chi connectivity index (χ2v) is 6.53. The van der Waals surface area contributed by atoms with Crippen molar-refractivity contribution in [1.82, 2.24) is 0 Å². The largest absolute Gasteiger partial charge is 0.493 e. The first-order valence-electron chi connectivity index (χ1n) is 6.37. The fourth-order valence-corrected chi connectivity index (χ4v) is 2.29. The summed E-state index contributed by atoms with van der Waals surface area (Å²) < 4.78 is 64.0. The molecule has 0 radical (unpaired) electrons. The van der Waals surface area contributed by atoms with Gasteiger partial charge in [-0.1, -0.05) is 13.8 Å². The highest BCUT2D eigenvalue weighted by Gasteiger charge is 2.26. The summed E-state index contributed by atoms with van der Waals surface area (Å²) in [5.74, 6) is 0.323. The summed E-state index contributed by atoms with van der Waals surface area (Å²) in [4.78, 5) is -0.0474. The van der Waals surface area contributed by atoms with Gasteiger partial charge in [-0.3, -0.25) is 0 Å². The van der Waals surface area contributed by atoms with E-state index >= 15 is 0 Å². The van der Waals surface area contributed by atoms with Crippen molar-refractivity contribution in [2.45, 2.75) is 43.7 Å². The SMILES string of the molecule is CC(C)c1cc(S(N)(=O)=O)ccc1OCCCC(F)(F)F. The van der Waals surface area contributed by atoms with Crippen LogP contribution in [0.4, 0.5) is 13.2 Å². The first-order chi connectivity index (χ1) is 9.50. The zero-order valence-corrected chi connectivity index (χ0v) is 12.6. The van der Waals surface area contributed by atoms with Crippen LogP contribution in [-0.4, -0.2) is 21.2 Å². The molecule has 0 bridgehead atoms. The molecule has 0 aromatic heterocycles. The average Bonchev–Trinajstić information content (AvgIpc) is 2.32. The number of rotatable bonds is 6. The van der Waals surface area contributed by atoms with E-state index in [9.17, 15) is 21.6 Å². The molecule has 0 spiro atoms. The van der Waals surface area contributed by atoms with Crippen molar-refractivity contribution < 1.29 is 26.3 Å². The van der Waals surface area contributed by atoms with Crippen LogP contribution < -0.4 is 9.88 Å². The fourth-order valence-electron chi connectivity index (χ4n) is 1.74. The van der Waals surface area contributed by atoms with E-state index in [0.29, 0.717) is 11.3 Å². The highest BCUT2D eigenvalue weighted by atomic mass is 32.2. The van der Waals surface area contributed by atoms with Gasteiger partial charge in [-0.15, -0.1) is 0 Å². The Morgan fingerprint density at radius 1 is 1.29 bits per heavy atom.